The van der Waals surface area contributed by atoms with Gasteiger partial charge in [0.1, 0.15) is 0 Å². The second kappa shape index (κ2) is 6.57. The van der Waals surface area contributed by atoms with Gasteiger partial charge in [-0.25, -0.2) is 0 Å². The number of halogens is 2. The number of nitrogens with one attached hydrogen (secondary N) is 2. The molecule has 2 aromatic rings. The molecule has 3 nitrogen and oxygen atoms in total. The van der Waals surface area contributed by atoms with Gasteiger partial charge in [-0.05, 0) is 36.3 Å². The van der Waals surface area contributed by atoms with Crippen LogP contribution in [0.4, 0.5) is 0 Å². The molecule has 6 heteroatoms. The quantitative estimate of drug-likeness (QED) is 0.823. The Kier molecular flexibility index (Phi) is 5.02. The molecule has 2 N–H and O–H groups in total. The van der Waals surface area contributed by atoms with Crippen LogP contribution in [0, 0.1) is 4.77 Å². The molecule has 1 heterocycles. The maximum atomic E-state index is 12.1. The van der Waals surface area contributed by atoms with Crippen LogP contribution >= 0.6 is 35.4 Å². The monoisotopic (exact) mass is 328 g/mol. The zero-order valence-corrected chi connectivity index (χ0v) is 13.3. The minimum atomic E-state index is -0.150. The van der Waals surface area contributed by atoms with Gasteiger partial charge >= 0.3 is 0 Å². The SMILES string of the molecule is CCCc1[nH]c(=S)[nH]c(=O)c1Cc1ccc(Cl)c(Cl)c1. The van der Waals surface area contributed by atoms with Crippen molar-refractivity contribution in [3.63, 3.8) is 0 Å². The van der Waals surface area contributed by atoms with E-state index in [0.29, 0.717) is 26.8 Å². The third kappa shape index (κ3) is 3.51. The maximum absolute atomic E-state index is 12.1. The number of aromatic nitrogens is 2. The van der Waals surface area contributed by atoms with Crippen LogP contribution in [0.25, 0.3) is 0 Å². The van der Waals surface area contributed by atoms with Gasteiger partial charge in [-0.15, -0.1) is 0 Å². The summed E-state index contributed by atoms with van der Waals surface area (Å²) in [5.41, 5.74) is 2.36. The first-order valence-corrected chi connectivity index (χ1v) is 7.46. The van der Waals surface area contributed by atoms with E-state index in [1.807, 2.05) is 6.07 Å². The van der Waals surface area contributed by atoms with E-state index in [9.17, 15) is 4.79 Å². The summed E-state index contributed by atoms with van der Waals surface area (Å²) in [6.07, 6.45) is 2.21. The molecule has 0 saturated carbocycles. The molecular weight excluding hydrogens is 315 g/mol. The highest BCUT2D eigenvalue weighted by Crippen LogP contribution is 2.23. The van der Waals surface area contributed by atoms with Gasteiger partial charge in [0, 0.05) is 17.7 Å². The Hall–Kier alpha value is -1.10. The third-order valence-electron chi connectivity index (χ3n) is 2.99. The Balaban J connectivity index is 2.44. The van der Waals surface area contributed by atoms with E-state index in [0.717, 1.165) is 24.1 Å². The van der Waals surface area contributed by atoms with Crippen LogP contribution in [0.15, 0.2) is 23.0 Å². The summed E-state index contributed by atoms with van der Waals surface area (Å²) >= 11 is 16.9. The third-order valence-corrected chi connectivity index (χ3v) is 3.94. The molecule has 0 atom stereocenters. The van der Waals surface area contributed by atoms with E-state index < -0.39 is 0 Å². The van der Waals surface area contributed by atoms with Gasteiger partial charge in [0.15, 0.2) is 4.77 Å². The molecule has 0 amide bonds. The summed E-state index contributed by atoms with van der Waals surface area (Å²) in [4.78, 5) is 17.8. The Bertz CT molecular complexity index is 737. The molecule has 106 valence electrons. The lowest BCUT2D eigenvalue weighted by Crippen LogP contribution is -2.18. The summed E-state index contributed by atoms with van der Waals surface area (Å²) in [6, 6.07) is 5.38. The Morgan fingerprint density at radius 2 is 1.95 bits per heavy atom. The summed E-state index contributed by atoms with van der Waals surface area (Å²) in [7, 11) is 0. The standard InChI is InChI=1S/C14H14Cl2N2OS/c1-2-3-12-9(13(19)18-14(20)17-12)6-8-4-5-10(15)11(16)7-8/h4-5,7H,2-3,6H2,1H3,(H2,17,18,19,20). The first-order valence-electron chi connectivity index (χ1n) is 6.29. The maximum Gasteiger partial charge on any atom is 0.255 e. The average Bonchev–Trinajstić information content (AvgIpc) is 2.38. The highest BCUT2D eigenvalue weighted by molar-refractivity contribution is 7.71. The van der Waals surface area contributed by atoms with Crippen LogP contribution in [0.5, 0.6) is 0 Å². The predicted octanol–water partition coefficient (Wildman–Crippen LogP) is 4.28. The van der Waals surface area contributed by atoms with E-state index in [-0.39, 0.29) is 5.56 Å². The second-order valence-corrected chi connectivity index (χ2v) is 5.76. The average molecular weight is 329 g/mol. The molecule has 20 heavy (non-hydrogen) atoms. The molecular formula is C14H14Cl2N2OS. The highest BCUT2D eigenvalue weighted by atomic mass is 35.5. The first kappa shape index (κ1) is 15.3. The van der Waals surface area contributed by atoms with Crippen molar-refractivity contribution in [1.29, 1.82) is 0 Å². The van der Waals surface area contributed by atoms with Gasteiger partial charge in [-0.2, -0.15) is 0 Å². The number of rotatable bonds is 4. The van der Waals surface area contributed by atoms with Gasteiger partial charge in [0.05, 0.1) is 10.0 Å². The molecule has 0 saturated heterocycles. The number of hydrogen-bond donors (Lipinski definition) is 2. The Morgan fingerprint density at radius 3 is 2.60 bits per heavy atom. The highest BCUT2D eigenvalue weighted by Gasteiger charge is 2.10. The van der Waals surface area contributed by atoms with Crippen molar-refractivity contribution in [3.8, 4) is 0 Å². The van der Waals surface area contributed by atoms with Gasteiger partial charge in [-0.3, -0.25) is 9.78 Å². The molecule has 0 unspecified atom stereocenters. The van der Waals surface area contributed by atoms with Crippen LogP contribution in [0.2, 0.25) is 10.0 Å². The lowest BCUT2D eigenvalue weighted by molar-refractivity contribution is 0.832. The molecule has 0 fully saturated rings. The van der Waals surface area contributed by atoms with Gasteiger partial charge in [0.25, 0.3) is 5.56 Å². The second-order valence-electron chi connectivity index (χ2n) is 4.54. The molecule has 0 aliphatic carbocycles. The van der Waals surface area contributed by atoms with Crippen LogP contribution in [-0.4, -0.2) is 9.97 Å². The van der Waals surface area contributed by atoms with E-state index in [4.69, 9.17) is 35.4 Å². The van der Waals surface area contributed by atoms with Crippen LogP contribution in [0.1, 0.15) is 30.2 Å². The minimum absolute atomic E-state index is 0.150. The zero-order chi connectivity index (χ0) is 14.7. The number of H-pyrrole nitrogens is 2. The van der Waals surface area contributed by atoms with Gasteiger partial charge in [-0.1, -0.05) is 42.6 Å². The van der Waals surface area contributed by atoms with Crippen molar-refractivity contribution in [2.45, 2.75) is 26.2 Å². The van der Waals surface area contributed by atoms with E-state index in [1.54, 1.807) is 12.1 Å². The van der Waals surface area contributed by atoms with E-state index >= 15 is 0 Å². The number of aromatic amines is 2. The van der Waals surface area contributed by atoms with Crippen LogP contribution in [0.3, 0.4) is 0 Å². The number of hydrogen-bond acceptors (Lipinski definition) is 2. The molecule has 1 aromatic heterocycles. The Labute approximate surface area is 132 Å². The van der Waals surface area contributed by atoms with Crippen molar-refractivity contribution in [2.75, 3.05) is 0 Å². The minimum Gasteiger partial charge on any atom is -0.336 e. The molecule has 0 aliphatic heterocycles. The topological polar surface area (TPSA) is 48.6 Å². The van der Waals surface area contributed by atoms with Crippen LogP contribution in [-0.2, 0) is 12.8 Å². The van der Waals surface area contributed by atoms with Crippen LogP contribution < -0.4 is 5.56 Å². The molecule has 2 rings (SSSR count). The van der Waals surface area contributed by atoms with Crippen molar-refractivity contribution < 1.29 is 0 Å². The fraction of sp³-hybridized carbons (Fsp3) is 0.286. The fourth-order valence-electron chi connectivity index (χ4n) is 2.06. The van der Waals surface area contributed by atoms with Crippen molar-refractivity contribution in [1.82, 2.24) is 9.97 Å². The summed E-state index contributed by atoms with van der Waals surface area (Å²) < 4.78 is 0.358. The predicted molar refractivity (Wildman–Crippen MR) is 85.5 cm³/mol. The molecule has 1 aromatic carbocycles. The summed E-state index contributed by atoms with van der Waals surface area (Å²) in [5, 5.41) is 0.993. The van der Waals surface area contributed by atoms with Crippen molar-refractivity contribution in [2.24, 2.45) is 0 Å². The molecule has 0 radical (unpaired) electrons. The van der Waals surface area contributed by atoms with Crippen molar-refractivity contribution in [3.05, 3.63) is 60.2 Å². The largest absolute Gasteiger partial charge is 0.336 e. The van der Waals surface area contributed by atoms with E-state index in [2.05, 4.69) is 16.9 Å². The molecule has 0 bridgehead atoms. The van der Waals surface area contributed by atoms with Gasteiger partial charge < -0.3 is 4.98 Å². The number of benzene rings is 1. The lowest BCUT2D eigenvalue weighted by atomic mass is 10.0. The summed E-state index contributed by atoms with van der Waals surface area (Å²) in [5.74, 6) is 0. The lowest BCUT2D eigenvalue weighted by Gasteiger charge is -2.08. The first-order chi connectivity index (χ1) is 9.51. The van der Waals surface area contributed by atoms with Gasteiger partial charge in [0.2, 0.25) is 0 Å². The number of aryl methyl sites for hydroxylation is 1. The normalized spacial score (nSPS) is 10.8. The molecule has 0 spiro atoms. The van der Waals surface area contributed by atoms with E-state index in [1.165, 1.54) is 0 Å². The zero-order valence-electron chi connectivity index (χ0n) is 10.9. The van der Waals surface area contributed by atoms with Crippen molar-refractivity contribution >= 4 is 35.4 Å². The molecule has 0 aliphatic rings. The summed E-state index contributed by atoms with van der Waals surface area (Å²) in [6.45, 7) is 2.06. The Morgan fingerprint density at radius 1 is 1.20 bits per heavy atom. The smallest absolute Gasteiger partial charge is 0.255 e. The fourth-order valence-corrected chi connectivity index (χ4v) is 2.60.